The highest BCUT2D eigenvalue weighted by molar-refractivity contribution is 5.51. The number of benzene rings is 1. The van der Waals surface area contributed by atoms with Crippen LogP contribution in [0.25, 0.3) is 0 Å². The molecule has 4 heteroatoms. The first-order valence-corrected chi connectivity index (χ1v) is 5.53. The molecule has 0 saturated heterocycles. The van der Waals surface area contributed by atoms with E-state index in [4.69, 9.17) is 10.5 Å². The Balaban J connectivity index is 1.84. The van der Waals surface area contributed by atoms with E-state index in [-0.39, 0.29) is 6.04 Å². The minimum absolute atomic E-state index is 0.139. The number of aromatic nitrogens is 1. The first kappa shape index (κ1) is 9.96. The zero-order valence-corrected chi connectivity index (χ0v) is 9.26. The summed E-state index contributed by atoms with van der Waals surface area (Å²) < 4.78 is 5.59. The largest absolute Gasteiger partial charge is 0.491 e. The minimum atomic E-state index is 0.139. The van der Waals surface area contributed by atoms with Crippen LogP contribution in [0.15, 0.2) is 42.6 Å². The van der Waals surface area contributed by atoms with Crippen LogP contribution in [0.4, 0.5) is 11.5 Å². The van der Waals surface area contributed by atoms with Crippen LogP contribution in [0.1, 0.15) is 11.6 Å². The summed E-state index contributed by atoms with van der Waals surface area (Å²) in [5.74, 6) is 1.71. The van der Waals surface area contributed by atoms with Crippen molar-refractivity contribution in [3.63, 3.8) is 0 Å². The van der Waals surface area contributed by atoms with Crippen LogP contribution in [-0.4, -0.2) is 11.6 Å². The number of nitrogens with zero attached hydrogens (tertiary/aromatic N) is 1. The van der Waals surface area contributed by atoms with Gasteiger partial charge in [-0.25, -0.2) is 4.98 Å². The van der Waals surface area contributed by atoms with Gasteiger partial charge in [-0.1, -0.05) is 18.2 Å². The lowest BCUT2D eigenvalue weighted by molar-refractivity contribution is 0.339. The van der Waals surface area contributed by atoms with Crippen molar-refractivity contribution in [3.8, 4) is 5.75 Å². The lowest BCUT2D eigenvalue weighted by atomic mass is 10.1. The van der Waals surface area contributed by atoms with E-state index in [0.29, 0.717) is 12.3 Å². The molecule has 0 fully saturated rings. The van der Waals surface area contributed by atoms with Gasteiger partial charge < -0.3 is 15.8 Å². The summed E-state index contributed by atoms with van der Waals surface area (Å²) >= 11 is 0. The highest BCUT2D eigenvalue weighted by Gasteiger charge is 2.23. The summed E-state index contributed by atoms with van der Waals surface area (Å²) in [7, 11) is 0. The summed E-state index contributed by atoms with van der Waals surface area (Å²) in [6.07, 6.45) is 1.69. The molecule has 1 atom stereocenters. The van der Waals surface area contributed by atoms with Gasteiger partial charge in [-0.2, -0.15) is 0 Å². The van der Waals surface area contributed by atoms with Gasteiger partial charge in [-0.05, 0) is 12.1 Å². The van der Waals surface area contributed by atoms with E-state index in [0.717, 1.165) is 17.1 Å². The van der Waals surface area contributed by atoms with Crippen molar-refractivity contribution in [1.82, 2.24) is 4.98 Å². The summed E-state index contributed by atoms with van der Waals surface area (Å²) in [4.78, 5) is 4.23. The van der Waals surface area contributed by atoms with Gasteiger partial charge in [0, 0.05) is 23.5 Å². The third-order valence-electron chi connectivity index (χ3n) is 2.81. The van der Waals surface area contributed by atoms with Gasteiger partial charge in [0.2, 0.25) is 0 Å². The predicted molar refractivity (Wildman–Crippen MR) is 67.0 cm³/mol. The normalized spacial score (nSPS) is 17.3. The van der Waals surface area contributed by atoms with Gasteiger partial charge in [0.1, 0.15) is 18.2 Å². The van der Waals surface area contributed by atoms with Crippen LogP contribution in [0.3, 0.4) is 0 Å². The van der Waals surface area contributed by atoms with Crippen molar-refractivity contribution in [2.24, 2.45) is 0 Å². The average Bonchev–Trinajstić information content (AvgIpc) is 2.73. The van der Waals surface area contributed by atoms with E-state index in [1.807, 2.05) is 24.3 Å². The average molecular weight is 227 g/mol. The second-order valence-corrected chi connectivity index (χ2v) is 4.02. The highest BCUT2D eigenvalue weighted by Crippen LogP contribution is 2.33. The molecule has 0 spiro atoms. The Kier molecular flexibility index (Phi) is 2.33. The number of hydrogen-bond donors (Lipinski definition) is 2. The topological polar surface area (TPSA) is 60.2 Å². The predicted octanol–water partition coefficient (Wildman–Crippen LogP) is 2.21. The molecule has 4 nitrogen and oxygen atoms in total. The number of hydrogen-bond acceptors (Lipinski definition) is 4. The summed E-state index contributed by atoms with van der Waals surface area (Å²) in [5.41, 5.74) is 7.58. The second-order valence-electron chi connectivity index (χ2n) is 4.02. The lowest BCUT2D eigenvalue weighted by Crippen LogP contribution is -2.12. The van der Waals surface area contributed by atoms with Gasteiger partial charge in [0.15, 0.2) is 0 Å². The zero-order chi connectivity index (χ0) is 11.7. The Morgan fingerprint density at radius 3 is 3.06 bits per heavy atom. The first-order valence-electron chi connectivity index (χ1n) is 5.53. The Hall–Kier alpha value is -2.23. The molecule has 0 saturated carbocycles. The summed E-state index contributed by atoms with van der Waals surface area (Å²) in [5, 5.41) is 3.32. The monoisotopic (exact) mass is 227 g/mol. The van der Waals surface area contributed by atoms with Crippen LogP contribution in [0.5, 0.6) is 5.75 Å². The molecule has 2 aromatic rings. The number of fused-ring (bicyclic) bond motifs is 1. The van der Waals surface area contributed by atoms with E-state index in [9.17, 15) is 0 Å². The SMILES string of the molecule is Nc1ccnc(NC2COc3ccccc32)c1. The van der Waals surface area contributed by atoms with E-state index >= 15 is 0 Å². The standard InChI is InChI=1S/C13H13N3O/c14-9-5-6-15-13(7-9)16-11-8-17-12-4-2-1-3-10(11)12/h1-7,11H,8H2,(H3,14,15,16). The van der Waals surface area contributed by atoms with E-state index in [2.05, 4.69) is 16.4 Å². The van der Waals surface area contributed by atoms with Crippen molar-refractivity contribution in [1.29, 1.82) is 0 Å². The fourth-order valence-electron chi connectivity index (χ4n) is 1.99. The van der Waals surface area contributed by atoms with E-state index in [1.54, 1.807) is 12.3 Å². The van der Waals surface area contributed by atoms with Crippen molar-refractivity contribution in [2.75, 3.05) is 17.7 Å². The van der Waals surface area contributed by atoms with Gasteiger partial charge in [-0.15, -0.1) is 0 Å². The van der Waals surface area contributed by atoms with Gasteiger partial charge in [0.05, 0.1) is 6.04 Å². The number of para-hydroxylation sites is 1. The number of nitrogens with one attached hydrogen (secondary N) is 1. The molecule has 1 aromatic carbocycles. The molecular formula is C13H13N3O. The maximum absolute atomic E-state index is 5.72. The molecule has 17 heavy (non-hydrogen) atoms. The molecule has 1 aliphatic rings. The number of nitrogen functional groups attached to an aromatic ring is 1. The first-order chi connectivity index (χ1) is 8.33. The fraction of sp³-hybridized carbons (Fsp3) is 0.154. The molecule has 0 aliphatic carbocycles. The molecule has 1 aromatic heterocycles. The van der Waals surface area contributed by atoms with Crippen molar-refractivity contribution in [3.05, 3.63) is 48.2 Å². The third-order valence-corrected chi connectivity index (χ3v) is 2.81. The quantitative estimate of drug-likeness (QED) is 0.825. The maximum Gasteiger partial charge on any atom is 0.128 e. The lowest BCUT2D eigenvalue weighted by Gasteiger charge is -2.12. The van der Waals surface area contributed by atoms with Crippen LogP contribution >= 0.6 is 0 Å². The van der Waals surface area contributed by atoms with Crippen molar-refractivity contribution in [2.45, 2.75) is 6.04 Å². The van der Waals surface area contributed by atoms with Crippen molar-refractivity contribution < 1.29 is 4.74 Å². The molecule has 0 radical (unpaired) electrons. The molecule has 1 unspecified atom stereocenters. The molecule has 2 heterocycles. The zero-order valence-electron chi connectivity index (χ0n) is 9.26. The summed E-state index contributed by atoms with van der Waals surface area (Å²) in [6, 6.07) is 11.7. The molecule has 1 aliphatic heterocycles. The molecule has 0 bridgehead atoms. The van der Waals surface area contributed by atoms with Crippen LogP contribution in [-0.2, 0) is 0 Å². The number of nitrogens with two attached hydrogens (primary N) is 1. The number of rotatable bonds is 2. The van der Waals surface area contributed by atoms with Crippen LogP contribution < -0.4 is 15.8 Å². The van der Waals surface area contributed by atoms with E-state index < -0.39 is 0 Å². The Labute approximate surface area is 99.4 Å². The molecular weight excluding hydrogens is 214 g/mol. The number of ether oxygens (including phenoxy) is 1. The smallest absolute Gasteiger partial charge is 0.128 e. The van der Waals surface area contributed by atoms with Gasteiger partial charge >= 0.3 is 0 Å². The van der Waals surface area contributed by atoms with Gasteiger partial charge in [0.25, 0.3) is 0 Å². The molecule has 86 valence electrons. The summed E-state index contributed by atoms with van der Waals surface area (Å²) in [6.45, 7) is 0.621. The third kappa shape index (κ3) is 1.89. The molecule has 3 rings (SSSR count). The molecule has 0 amide bonds. The maximum atomic E-state index is 5.72. The van der Waals surface area contributed by atoms with Crippen LogP contribution in [0.2, 0.25) is 0 Å². The number of anilines is 2. The highest BCUT2D eigenvalue weighted by atomic mass is 16.5. The van der Waals surface area contributed by atoms with Gasteiger partial charge in [-0.3, -0.25) is 0 Å². The van der Waals surface area contributed by atoms with Crippen molar-refractivity contribution >= 4 is 11.5 Å². The Bertz CT molecular complexity index is 542. The number of pyridine rings is 1. The minimum Gasteiger partial charge on any atom is -0.491 e. The second kappa shape index (κ2) is 3.97. The van der Waals surface area contributed by atoms with Crippen LogP contribution in [0, 0.1) is 0 Å². The molecule has 3 N–H and O–H groups in total. The fourth-order valence-corrected chi connectivity index (χ4v) is 1.99. The van der Waals surface area contributed by atoms with E-state index in [1.165, 1.54) is 0 Å². The Morgan fingerprint density at radius 1 is 1.29 bits per heavy atom. The Morgan fingerprint density at radius 2 is 2.18 bits per heavy atom.